The summed E-state index contributed by atoms with van der Waals surface area (Å²) >= 11 is 0. The molecule has 0 unspecified atom stereocenters. The van der Waals surface area contributed by atoms with Gasteiger partial charge in [-0.1, -0.05) is 19.4 Å². The largest absolute Gasteiger partial charge is 0.336 e. The summed E-state index contributed by atoms with van der Waals surface area (Å²) in [6.07, 6.45) is 3.78. The van der Waals surface area contributed by atoms with Crippen LogP contribution in [0.4, 0.5) is 0 Å². The van der Waals surface area contributed by atoms with Crippen LogP contribution in [0.15, 0.2) is 24.4 Å². The van der Waals surface area contributed by atoms with Crippen molar-refractivity contribution in [1.82, 2.24) is 14.2 Å². The zero-order chi connectivity index (χ0) is 16.0. The Bertz CT molecular complexity index is 589. The summed E-state index contributed by atoms with van der Waals surface area (Å²) in [6, 6.07) is 5.23. The van der Waals surface area contributed by atoms with E-state index >= 15 is 0 Å². The fourth-order valence-corrected chi connectivity index (χ4v) is 4.16. The van der Waals surface area contributed by atoms with Gasteiger partial charge in [0.25, 0.3) is 5.91 Å². The number of carbonyl (C=O) groups excluding carboxylic acids is 1. The highest BCUT2D eigenvalue weighted by Crippen LogP contribution is 2.12. The van der Waals surface area contributed by atoms with Gasteiger partial charge >= 0.3 is 0 Å². The Hall–Kier alpha value is -1.47. The van der Waals surface area contributed by atoms with Crippen LogP contribution in [0, 0.1) is 0 Å². The summed E-state index contributed by atoms with van der Waals surface area (Å²) in [5.41, 5.74) is 0.407. The van der Waals surface area contributed by atoms with Crippen LogP contribution in [0.2, 0.25) is 0 Å². The van der Waals surface area contributed by atoms with E-state index in [9.17, 15) is 13.2 Å². The minimum Gasteiger partial charge on any atom is -0.336 e. The first-order valence-corrected chi connectivity index (χ1v) is 9.33. The molecule has 1 aliphatic heterocycles. The van der Waals surface area contributed by atoms with Crippen molar-refractivity contribution in [1.29, 1.82) is 0 Å². The van der Waals surface area contributed by atoms with Gasteiger partial charge in [-0.25, -0.2) is 12.7 Å². The molecule has 1 fully saturated rings. The third-order valence-corrected chi connectivity index (χ3v) is 5.73. The monoisotopic (exact) mass is 325 g/mol. The predicted molar refractivity (Wildman–Crippen MR) is 85.0 cm³/mol. The zero-order valence-corrected chi connectivity index (χ0v) is 13.8. The first kappa shape index (κ1) is 16.9. The smallest absolute Gasteiger partial charge is 0.272 e. The van der Waals surface area contributed by atoms with Gasteiger partial charge in [-0.15, -0.1) is 0 Å². The molecular formula is C15H23N3O3S. The van der Waals surface area contributed by atoms with Gasteiger partial charge in [0.05, 0.1) is 5.75 Å². The maximum Gasteiger partial charge on any atom is 0.272 e. The normalized spacial score (nSPS) is 17.2. The van der Waals surface area contributed by atoms with Gasteiger partial charge in [-0.05, 0) is 25.0 Å². The van der Waals surface area contributed by atoms with Crippen molar-refractivity contribution in [3.05, 3.63) is 30.1 Å². The Morgan fingerprint density at radius 3 is 2.73 bits per heavy atom. The fraction of sp³-hybridized carbons (Fsp3) is 0.600. The molecule has 0 radical (unpaired) electrons. The lowest BCUT2D eigenvalue weighted by atomic mass is 10.3. The summed E-state index contributed by atoms with van der Waals surface area (Å²) in [5.74, 6) is 0.0610. The third-order valence-electron chi connectivity index (χ3n) is 3.78. The van der Waals surface area contributed by atoms with Gasteiger partial charge in [-0.2, -0.15) is 0 Å². The van der Waals surface area contributed by atoms with Crippen molar-refractivity contribution in [2.75, 3.05) is 31.9 Å². The van der Waals surface area contributed by atoms with Crippen LogP contribution < -0.4 is 0 Å². The number of amides is 1. The topological polar surface area (TPSA) is 70.6 Å². The number of hydrogen-bond acceptors (Lipinski definition) is 4. The molecule has 22 heavy (non-hydrogen) atoms. The van der Waals surface area contributed by atoms with Gasteiger partial charge in [0.2, 0.25) is 10.0 Å². The summed E-state index contributed by atoms with van der Waals surface area (Å²) in [5, 5.41) is 0. The van der Waals surface area contributed by atoms with Crippen LogP contribution in [-0.2, 0) is 10.0 Å². The second-order valence-corrected chi connectivity index (χ2v) is 7.52. The standard InChI is InChI=1S/C15H23N3O3S/c1-2-3-13-22(20,21)18-10-6-9-17(11-12-18)15(19)14-7-4-5-8-16-14/h4-5,7-8H,2-3,6,9-13H2,1H3. The van der Waals surface area contributed by atoms with Gasteiger partial charge in [0.15, 0.2) is 0 Å². The van der Waals surface area contributed by atoms with Crippen LogP contribution in [0.5, 0.6) is 0 Å². The van der Waals surface area contributed by atoms with E-state index in [1.807, 2.05) is 6.92 Å². The molecule has 0 spiro atoms. The minimum absolute atomic E-state index is 0.131. The lowest BCUT2D eigenvalue weighted by Gasteiger charge is -2.21. The predicted octanol–water partition coefficient (Wildman–Crippen LogP) is 1.36. The van der Waals surface area contributed by atoms with E-state index in [-0.39, 0.29) is 11.7 Å². The second kappa shape index (κ2) is 7.69. The molecule has 0 aliphatic carbocycles. The number of unbranched alkanes of at least 4 members (excludes halogenated alkanes) is 1. The van der Waals surface area contributed by atoms with Crippen LogP contribution in [-0.4, -0.2) is 60.4 Å². The van der Waals surface area contributed by atoms with Gasteiger partial charge in [-0.3, -0.25) is 9.78 Å². The Morgan fingerprint density at radius 2 is 2.05 bits per heavy atom. The Kier molecular flexibility index (Phi) is 5.90. The number of sulfonamides is 1. The average Bonchev–Trinajstić information content (AvgIpc) is 2.80. The van der Waals surface area contributed by atoms with E-state index in [0.29, 0.717) is 44.7 Å². The van der Waals surface area contributed by atoms with E-state index in [4.69, 9.17) is 0 Å². The number of nitrogens with zero attached hydrogens (tertiary/aromatic N) is 3. The van der Waals surface area contributed by atoms with Crippen molar-refractivity contribution in [3.8, 4) is 0 Å². The summed E-state index contributed by atoms with van der Waals surface area (Å²) in [4.78, 5) is 18.1. The summed E-state index contributed by atoms with van der Waals surface area (Å²) in [6.45, 7) is 3.81. The van der Waals surface area contributed by atoms with Gasteiger partial charge in [0.1, 0.15) is 5.69 Å². The van der Waals surface area contributed by atoms with E-state index in [0.717, 1.165) is 6.42 Å². The van der Waals surface area contributed by atoms with Crippen LogP contribution in [0.3, 0.4) is 0 Å². The van der Waals surface area contributed by atoms with E-state index in [1.165, 1.54) is 4.31 Å². The van der Waals surface area contributed by atoms with Crippen molar-refractivity contribution in [2.24, 2.45) is 0 Å². The quantitative estimate of drug-likeness (QED) is 0.819. The first-order chi connectivity index (χ1) is 10.5. The Labute approximate surface area is 132 Å². The van der Waals surface area contributed by atoms with Crippen molar-refractivity contribution in [2.45, 2.75) is 26.2 Å². The molecule has 1 aromatic heterocycles. The second-order valence-electron chi connectivity index (χ2n) is 5.43. The van der Waals surface area contributed by atoms with Gasteiger partial charge in [0, 0.05) is 32.4 Å². The van der Waals surface area contributed by atoms with E-state index < -0.39 is 10.0 Å². The highest BCUT2D eigenvalue weighted by molar-refractivity contribution is 7.89. The molecule has 0 N–H and O–H groups in total. The number of hydrogen-bond donors (Lipinski definition) is 0. The van der Waals surface area contributed by atoms with Gasteiger partial charge < -0.3 is 4.90 Å². The lowest BCUT2D eigenvalue weighted by Crippen LogP contribution is -2.38. The molecule has 1 aliphatic rings. The number of pyridine rings is 1. The Morgan fingerprint density at radius 1 is 1.23 bits per heavy atom. The molecule has 0 bridgehead atoms. The van der Waals surface area contributed by atoms with Crippen LogP contribution in [0.25, 0.3) is 0 Å². The number of rotatable bonds is 5. The molecule has 1 amide bonds. The zero-order valence-electron chi connectivity index (χ0n) is 12.9. The average molecular weight is 325 g/mol. The molecule has 1 saturated heterocycles. The first-order valence-electron chi connectivity index (χ1n) is 7.72. The van der Waals surface area contributed by atoms with Crippen molar-refractivity contribution >= 4 is 15.9 Å². The maximum absolute atomic E-state index is 12.4. The molecule has 0 saturated carbocycles. The summed E-state index contributed by atoms with van der Waals surface area (Å²) in [7, 11) is -3.20. The molecule has 0 atom stereocenters. The SMILES string of the molecule is CCCCS(=O)(=O)N1CCCN(C(=O)c2ccccn2)CC1. The van der Waals surface area contributed by atoms with Crippen molar-refractivity contribution < 1.29 is 13.2 Å². The van der Waals surface area contributed by atoms with Crippen LogP contribution >= 0.6 is 0 Å². The highest BCUT2D eigenvalue weighted by atomic mass is 32.2. The number of carbonyl (C=O) groups is 1. The molecule has 2 heterocycles. The molecule has 122 valence electrons. The lowest BCUT2D eigenvalue weighted by molar-refractivity contribution is 0.0758. The molecule has 6 nitrogen and oxygen atoms in total. The summed E-state index contributed by atoms with van der Waals surface area (Å²) < 4.78 is 26.0. The molecule has 0 aromatic carbocycles. The highest BCUT2D eigenvalue weighted by Gasteiger charge is 2.26. The third kappa shape index (κ3) is 4.27. The van der Waals surface area contributed by atoms with E-state index in [1.54, 1.807) is 29.3 Å². The Balaban J connectivity index is 1.99. The van der Waals surface area contributed by atoms with E-state index in [2.05, 4.69) is 4.98 Å². The minimum atomic E-state index is -3.20. The maximum atomic E-state index is 12.4. The van der Waals surface area contributed by atoms with Crippen molar-refractivity contribution in [3.63, 3.8) is 0 Å². The van der Waals surface area contributed by atoms with Crippen LogP contribution in [0.1, 0.15) is 36.7 Å². The molecule has 2 rings (SSSR count). The fourth-order valence-electron chi connectivity index (χ4n) is 2.48. The molecular weight excluding hydrogens is 302 g/mol. The molecule has 7 heteroatoms. The number of aromatic nitrogens is 1. The molecule has 1 aromatic rings.